The number of methoxy groups -OCH3 is 1. The molecule has 0 saturated carbocycles. The number of halogens is 1. The lowest BCUT2D eigenvalue weighted by atomic mass is 10.2. The maximum absolute atomic E-state index is 13.7. The average molecular weight is 375 g/mol. The van der Waals surface area contributed by atoms with Crippen LogP contribution in [0, 0.1) is 5.82 Å². The first kappa shape index (κ1) is 18.5. The van der Waals surface area contributed by atoms with E-state index in [9.17, 15) is 14.0 Å². The van der Waals surface area contributed by atoms with Gasteiger partial charge < -0.3 is 24.3 Å². The van der Waals surface area contributed by atoms with E-state index in [1.165, 1.54) is 26.2 Å². The van der Waals surface area contributed by atoms with Crippen molar-refractivity contribution in [2.45, 2.75) is 13.0 Å². The Balaban J connectivity index is 1.62. The van der Waals surface area contributed by atoms with Gasteiger partial charge in [-0.2, -0.15) is 0 Å². The summed E-state index contributed by atoms with van der Waals surface area (Å²) in [6.45, 7) is 2.32. The number of carbonyl (C=O) groups is 2. The second-order valence-electron chi connectivity index (χ2n) is 5.74. The van der Waals surface area contributed by atoms with Crippen molar-refractivity contribution in [1.29, 1.82) is 0 Å². The highest BCUT2D eigenvalue weighted by molar-refractivity contribution is 5.97. The van der Waals surface area contributed by atoms with Crippen molar-refractivity contribution in [3.8, 4) is 17.2 Å². The number of hydrogen-bond acceptors (Lipinski definition) is 6. The van der Waals surface area contributed by atoms with Gasteiger partial charge in [-0.25, -0.2) is 9.18 Å². The molecular formula is C19H18FNO6. The quantitative estimate of drug-likeness (QED) is 0.809. The second-order valence-corrected chi connectivity index (χ2v) is 5.74. The van der Waals surface area contributed by atoms with Gasteiger partial charge in [0.15, 0.2) is 29.2 Å². The lowest BCUT2D eigenvalue weighted by Crippen LogP contribution is -2.30. The third-order valence-electron chi connectivity index (χ3n) is 3.85. The molecule has 1 heterocycles. The molecule has 8 heteroatoms. The number of hydrogen-bond donors (Lipinski definition) is 1. The van der Waals surface area contributed by atoms with Gasteiger partial charge in [0.05, 0.1) is 12.7 Å². The van der Waals surface area contributed by atoms with Crippen LogP contribution in [-0.2, 0) is 9.53 Å². The number of ether oxygens (including phenoxy) is 4. The summed E-state index contributed by atoms with van der Waals surface area (Å²) in [5, 5.41) is 2.63. The number of carbonyl (C=O) groups excluding carboxylic acids is 2. The van der Waals surface area contributed by atoms with Crippen molar-refractivity contribution in [1.82, 2.24) is 0 Å². The summed E-state index contributed by atoms with van der Waals surface area (Å²) in [7, 11) is 1.32. The molecule has 2 aromatic rings. The molecule has 0 spiro atoms. The summed E-state index contributed by atoms with van der Waals surface area (Å²) in [5.41, 5.74) is 0.454. The van der Waals surface area contributed by atoms with Gasteiger partial charge in [-0.3, -0.25) is 4.79 Å². The molecule has 3 rings (SSSR count). The fraction of sp³-hybridized carbons (Fsp3) is 0.263. The van der Waals surface area contributed by atoms with Crippen LogP contribution in [-0.4, -0.2) is 38.3 Å². The average Bonchev–Trinajstić information content (AvgIpc) is 2.67. The van der Waals surface area contributed by atoms with Gasteiger partial charge in [0.1, 0.15) is 13.2 Å². The highest BCUT2D eigenvalue weighted by atomic mass is 19.1. The molecule has 0 fully saturated rings. The molecule has 2 aromatic carbocycles. The van der Waals surface area contributed by atoms with E-state index in [-0.39, 0.29) is 11.3 Å². The van der Waals surface area contributed by atoms with Gasteiger partial charge >= 0.3 is 5.97 Å². The predicted molar refractivity (Wildman–Crippen MR) is 93.9 cm³/mol. The van der Waals surface area contributed by atoms with Crippen molar-refractivity contribution in [2.24, 2.45) is 0 Å². The molecule has 0 unspecified atom stereocenters. The Labute approximate surface area is 155 Å². The van der Waals surface area contributed by atoms with Gasteiger partial charge in [0.2, 0.25) is 0 Å². The lowest BCUT2D eigenvalue weighted by Gasteiger charge is -2.19. The Bertz CT molecular complexity index is 869. The van der Waals surface area contributed by atoms with Crippen LogP contribution in [0.15, 0.2) is 36.4 Å². The standard InChI is InChI=1S/C19H18FNO6/c1-11(27-19(23)12-3-5-15(24-2)14(20)9-12)18(22)21-13-4-6-16-17(10-13)26-8-7-25-16/h3-6,9-11H,7-8H2,1-2H3,(H,21,22)/t11-/m0/s1. The molecule has 0 bridgehead atoms. The summed E-state index contributed by atoms with van der Waals surface area (Å²) < 4.78 is 34.5. The first-order chi connectivity index (χ1) is 13.0. The molecular weight excluding hydrogens is 357 g/mol. The number of benzene rings is 2. The van der Waals surface area contributed by atoms with Crippen LogP contribution < -0.4 is 19.5 Å². The zero-order valence-corrected chi connectivity index (χ0v) is 14.8. The molecule has 142 valence electrons. The summed E-state index contributed by atoms with van der Waals surface area (Å²) in [6, 6.07) is 8.62. The number of esters is 1. The molecule has 1 aliphatic rings. The number of rotatable bonds is 5. The Hall–Kier alpha value is -3.29. The second kappa shape index (κ2) is 7.94. The van der Waals surface area contributed by atoms with E-state index in [4.69, 9.17) is 18.9 Å². The number of amides is 1. The van der Waals surface area contributed by atoms with E-state index in [0.717, 1.165) is 6.07 Å². The van der Waals surface area contributed by atoms with Crippen LogP contribution in [0.25, 0.3) is 0 Å². The van der Waals surface area contributed by atoms with E-state index < -0.39 is 23.8 Å². The highest BCUT2D eigenvalue weighted by Crippen LogP contribution is 2.32. The van der Waals surface area contributed by atoms with Gasteiger partial charge in [0, 0.05) is 11.8 Å². The summed E-state index contributed by atoms with van der Waals surface area (Å²) in [4.78, 5) is 24.4. The third-order valence-corrected chi connectivity index (χ3v) is 3.85. The van der Waals surface area contributed by atoms with E-state index in [1.807, 2.05) is 0 Å². The summed E-state index contributed by atoms with van der Waals surface area (Å²) in [6.07, 6.45) is -1.09. The molecule has 1 N–H and O–H groups in total. The van der Waals surface area contributed by atoms with Crippen molar-refractivity contribution in [3.63, 3.8) is 0 Å². The predicted octanol–water partition coefficient (Wildman–Crippen LogP) is 2.79. The topological polar surface area (TPSA) is 83.1 Å². The van der Waals surface area contributed by atoms with Crippen molar-refractivity contribution in [2.75, 3.05) is 25.6 Å². The molecule has 7 nitrogen and oxygen atoms in total. The molecule has 1 amide bonds. The number of nitrogens with one attached hydrogen (secondary N) is 1. The van der Waals surface area contributed by atoms with E-state index >= 15 is 0 Å². The van der Waals surface area contributed by atoms with Gasteiger partial charge in [0.25, 0.3) is 5.91 Å². The normalized spacial score (nSPS) is 13.4. The number of fused-ring (bicyclic) bond motifs is 1. The minimum Gasteiger partial charge on any atom is -0.494 e. The van der Waals surface area contributed by atoms with E-state index in [0.29, 0.717) is 30.4 Å². The van der Waals surface area contributed by atoms with Gasteiger partial charge in [-0.05, 0) is 37.3 Å². The first-order valence-corrected chi connectivity index (χ1v) is 8.23. The fourth-order valence-corrected chi connectivity index (χ4v) is 2.44. The Morgan fingerprint density at radius 3 is 2.56 bits per heavy atom. The molecule has 0 aliphatic carbocycles. The van der Waals surface area contributed by atoms with Crippen LogP contribution in [0.4, 0.5) is 10.1 Å². The van der Waals surface area contributed by atoms with Crippen LogP contribution in [0.2, 0.25) is 0 Å². The SMILES string of the molecule is COc1ccc(C(=O)O[C@@H](C)C(=O)Nc2ccc3c(c2)OCCO3)cc1F. The lowest BCUT2D eigenvalue weighted by molar-refractivity contribution is -0.123. The number of anilines is 1. The Morgan fingerprint density at radius 2 is 1.85 bits per heavy atom. The maximum Gasteiger partial charge on any atom is 0.339 e. The zero-order chi connectivity index (χ0) is 19.4. The van der Waals surface area contributed by atoms with Gasteiger partial charge in [-0.15, -0.1) is 0 Å². The largest absolute Gasteiger partial charge is 0.494 e. The Morgan fingerprint density at radius 1 is 1.11 bits per heavy atom. The molecule has 1 atom stereocenters. The van der Waals surface area contributed by atoms with Crippen LogP contribution >= 0.6 is 0 Å². The minimum atomic E-state index is -1.09. The summed E-state index contributed by atoms with van der Waals surface area (Å²) in [5.74, 6) is -0.913. The fourth-order valence-electron chi connectivity index (χ4n) is 2.44. The Kier molecular flexibility index (Phi) is 5.44. The molecule has 0 aromatic heterocycles. The third kappa shape index (κ3) is 4.28. The van der Waals surface area contributed by atoms with Crippen molar-refractivity contribution < 1.29 is 32.9 Å². The smallest absolute Gasteiger partial charge is 0.339 e. The minimum absolute atomic E-state index is 0.0101. The zero-order valence-electron chi connectivity index (χ0n) is 14.8. The molecule has 1 aliphatic heterocycles. The highest BCUT2D eigenvalue weighted by Gasteiger charge is 2.21. The first-order valence-electron chi connectivity index (χ1n) is 8.23. The molecule has 27 heavy (non-hydrogen) atoms. The maximum atomic E-state index is 13.7. The van der Waals surface area contributed by atoms with Crippen LogP contribution in [0.3, 0.4) is 0 Å². The summed E-state index contributed by atoms with van der Waals surface area (Å²) >= 11 is 0. The van der Waals surface area contributed by atoms with Crippen LogP contribution in [0.5, 0.6) is 17.2 Å². The molecule has 0 radical (unpaired) electrons. The van der Waals surface area contributed by atoms with Crippen LogP contribution in [0.1, 0.15) is 17.3 Å². The van der Waals surface area contributed by atoms with E-state index in [1.54, 1.807) is 18.2 Å². The monoisotopic (exact) mass is 375 g/mol. The van der Waals surface area contributed by atoms with E-state index in [2.05, 4.69) is 5.32 Å². The van der Waals surface area contributed by atoms with Crippen molar-refractivity contribution >= 4 is 17.6 Å². The van der Waals surface area contributed by atoms with Gasteiger partial charge in [-0.1, -0.05) is 0 Å². The molecule has 0 saturated heterocycles. The van der Waals surface area contributed by atoms with Crippen molar-refractivity contribution in [3.05, 3.63) is 47.8 Å².